The Kier molecular flexibility index (Phi) is 3.77. The summed E-state index contributed by atoms with van der Waals surface area (Å²) in [5, 5.41) is 7.08. The fourth-order valence-corrected chi connectivity index (χ4v) is 2.73. The molecule has 0 aliphatic carbocycles. The molecule has 1 aliphatic heterocycles. The molecule has 1 aliphatic rings. The van der Waals surface area contributed by atoms with Gasteiger partial charge in [-0.25, -0.2) is 0 Å². The topological polar surface area (TPSA) is 54.3 Å². The molecule has 0 saturated carbocycles. The number of hydrogen-bond donors (Lipinski definition) is 2. The number of nitrogens with one attached hydrogen (secondary N) is 2. The first kappa shape index (κ1) is 14.5. The molecule has 3 aromatic rings. The summed E-state index contributed by atoms with van der Waals surface area (Å²) < 4.78 is 5.41. The molecule has 2 N–H and O–H groups in total. The first-order valence-corrected chi connectivity index (χ1v) is 6.96. The second kappa shape index (κ2) is 5.73. The third-order valence-corrected chi connectivity index (χ3v) is 3.80. The highest BCUT2D eigenvalue weighted by atomic mass is 35.5. The average Bonchev–Trinajstić information content (AvgIpc) is 3.13. The maximum atomic E-state index is 12.4. The minimum Gasteiger partial charge on any atom is -0.463 e. The van der Waals surface area contributed by atoms with Crippen molar-refractivity contribution in [1.29, 1.82) is 0 Å². The Labute approximate surface area is 133 Å². The molecule has 0 radical (unpaired) electrons. The van der Waals surface area contributed by atoms with E-state index in [1.807, 2.05) is 42.5 Å². The molecule has 0 unspecified atom stereocenters. The van der Waals surface area contributed by atoms with Crippen molar-refractivity contribution in [2.45, 2.75) is 6.42 Å². The van der Waals surface area contributed by atoms with E-state index in [0.717, 1.165) is 35.3 Å². The van der Waals surface area contributed by atoms with Crippen LogP contribution in [-0.4, -0.2) is 12.5 Å². The fraction of sp³-hybridized carbons (Fsp3) is 0.118. The third-order valence-electron chi connectivity index (χ3n) is 3.80. The second-order valence-corrected chi connectivity index (χ2v) is 5.15. The molecule has 1 aromatic heterocycles. The number of halogens is 1. The van der Waals surface area contributed by atoms with Crippen LogP contribution in [-0.2, 0) is 6.42 Å². The molecule has 0 spiro atoms. The molecule has 2 heterocycles. The summed E-state index contributed by atoms with van der Waals surface area (Å²) in [5.41, 5.74) is 4.49. The van der Waals surface area contributed by atoms with Crippen LogP contribution in [0.4, 0.5) is 11.4 Å². The number of anilines is 2. The Bertz CT molecular complexity index is 842. The molecular weight excluding hydrogens is 300 g/mol. The van der Waals surface area contributed by atoms with E-state index in [9.17, 15) is 4.79 Å². The summed E-state index contributed by atoms with van der Waals surface area (Å²) in [4.78, 5) is 12.4. The molecule has 4 rings (SSSR count). The Balaban J connectivity index is 0.00000144. The van der Waals surface area contributed by atoms with Gasteiger partial charge in [0.2, 0.25) is 0 Å². The summed E-state index contributed by atoms with van der Waals surface area (Å²) in [6, 6.07) is 13.5. The normalized spacial score (nSPS) is 12.4. The molecular formula is C17H15ClN2O2. The second-order valence-electron chi connectivity index (χ2n) is 5.15. The largest absolute Gasteiger partial charge is 0.463 e. The molecule has 0 saturated heterocycles. The lowest BCUT2D eigenvalue weighted by molar-refractivity contribution is 0.102. The van der Waals surface area contributed by atoms with Crippen LogP contribution >= 0.6 is 12.4 Å². The number of hydrogen-bond acceptors (Lipinski definition) is 3. The van der Waals surface area contributed by atoms with Gasteiger partial charge in [-0.2, -0.15) is 0 Å². The van der Waals surface area contributed by atoms with Gasteiger partial charge in [-0.3, -0.25) is 4.79 Å². The smallest absolute Gasteiger partial charge is 0.259 e. The number of fused-ring (bicyclic) bond motifs is 2. The van der Waals surface area contributed by atoms with Crippen molar-refractivity contribution < 1.29 is 9.21 Å². The van der Waals surface area contributed by atoms with Crippen molar-refractivity contribution >= 4 is 40.7 Å². The van der Waals surface area contributed by atoms with Crippen LogP contribution in [0, 0.1) is 0 Å². The SMILES string of the molecule is Cl.O=C(Nc1ccc2c(c1)CCN2)c1coc2ccccc12. The summed E-state index contributed by atoms with van der Waals surface area (Å²) in [6.07, 6.45) is 2.50. The predicted molar refractivity (Wildman–Crippen MR) is 90.1 cm³/mol. The number of rotatable bonds is 2. The fourth-order valence-electron chi connectivity index (χ4n) is 2.73. The van der Waals surface area contributed by atoms with Crippen LogP contribution in [0.5, 0.6) is 0 Å². The number of benzene rings is 2. The van der Waals surface area contributed by atoms with E-state index >= 15 is 0 Å². The van der Waals surface area contributed by atoms with Crippen molar-refractivity contribution in [3.8, 4) is 0 Å². The van der Waals surface area contributed by atoms with E-state index in [2.05, 4.69) is 10.6 Å². The van der Waals surface area contributed by atoms with Crippen LogP contribution in [0.1, 0.15) is 15.9 Å². The summed E-state index contributed by atoms with van der Waals surface area (Å²) in [5.74, 6) is -0.147. The summed E-state index contributed by atoms with van der Waals surface area (Å²) in [7, 11) is 0. The molecule has 0 fully saturated rings. The highest BCUT2D eigenvalue weighted by Crippen LogP contribution is 2.26. The van der Waals surface area contributed by atoms with Gasteiger partial charge in [0.05, 0.1) is 5.56 Å². The Morgan fingerprint density at radius 3 is 2.95 bits per heavy atom. The number of carbonyl (C=O) groups excluding carboxylic acids is 1. The van der Waals surface area contributed by atoms with Crippen LogP contribution < -0.4 is 10.6 Å². The number of carbonyl (C=O) groups is 1. The number of para-hydroxylation sites is 1. The van der Waals surface area contributed by atoms with E-state index in [1.54, 1.807) is 0 Å². The highest BCUT2D eigenvalue weighted by molar-refractivity contribution is 6.12. The number of furan rings is 1. The monoisotopic (exact) mass is 314 g/mol. The van der Waals surface area contributed by atoms with E-state index in [-0.39, 0.29) is 18.3 Å². The van der Waals surface area contributed by atoms with E-state index in [4.69, 9.17) is 4.42 Å². The molecule has 2 aromatic carbocycles. The van der Waals surface area contributed by atoms with Gasteiger partial charge in [-0.15, -0.1) is 12.4 Å². The zero-order valence-electron chi connectivity index (χ0n) is 11.8. The molecule has 22 heavy (non-hydrogen) atoms. The van der Waals surface area contributed by atoms with Crippen LogP contribution in [0.15, 0.2) is 53.1 Å². The maximum Gasteiger partial charge on any atom is 0.259 e. The van der Waals surface area contributed by atoms with Gasteiger partial charge in [0.25, 0.3) is 5.91 Å². The van der Waals surface area contributed by atoms with Gasteiger partial charge in [-0.1, -0.05) is 18.2 Å². The minimum atomic E-state index is -0.147. The van der Waals surface area contributed by atoms with E-state index in [1.165, 1.54) is 11.8 Å². The Hall–Kier alpha value is -2.46. The van der Waals surface area contributed by atoms with Crippen LogP contribution in [0.3, 0.4) is 0 Å². The standard InChI is InChI=1S/C17H14N2O2.ClH/c20-17(14-10-21-16-4-2-1-3-13(14)16)19-12-5-6-15-11(9-12)7-8-18-15;/h1-6,9-10,18H,7-8H2,(H,19,20);1H. The van der Waals surface area contributed by atoms with Crippen LogP contribution in [0.25, 0.3) is 11.0 Å². The minimum absolute atomic E-state index is 0. The lowest BCUT2D eigenvalue weighted by atomic mass is 10.1. The molecule has 5 heteroatoms. The van der Waals surface area contributed by atoms with Gasteiger partial charge in [0.15, 0.2) is 0 Å². The van der Waals surface area contributed by atoms with E-state index in [0.29, 0.717) is 5.56 Å². The first-order chi connectivity index (χ1) is 10.3. The molecule has 0 atom stereocenters. The average molecular weight is 315 g/mol. The molecule has 4 nitrogen and oxygen atoms in total. The first-order valence-electron chi connectivity index (χ1n) is 6.96. The Morgan fingerprint density at radius 1 is 1.18 bits per heavy atom. The molecule has 1 amide bonds. The zero-order valence-corrected chi connectivity index (χ0v) is 12.6. The molecule has 0 bridgehead atoms. The van der Waals surface area contributed by atoms with Crippen molar-refractivity contribution in [3.63, 3.8) is 0 Å². The lowest BCUT2D eigenvalue weighted by Crippen LogP contribution is -2.11. The maximum absolute atomic E-state index is 12.4. The van der Waals surface area contributed by atoms with E-state index < -0.39 is 0 Å². The highest BCUT2D eigenvalue weighted by Gasteiger charge is 2.15. The number of amides is 1. The van der Waals surface area contributed by atoms with Crippen molar-refractivity contribution in [3.05, 3.63) is 59.9 Å². The summed E-state index contributed by atoms with van der Waals surface area (Å²) >= 11 is 0. The predicted octanol–water partition coefficient (Wildman–Crippen LogP) is 4.07. The van der Waals surface area contributed by atoms with Gasteiger partial charge < -0.3 is 15.1 Å². The van der Waals surface area contributed by atoms with Gasteiger partial charge in [0, 0.05) is 23.3 Å². The molecule has 112 valence electrons. The van der Waals surface area contributed by atoms with Crippen molar-refractivity contribution in [2.24, 2.45) is 0 Å². The van der Waals surface area contributed by atoms with Gasteiger partial charge >= 0.3 is 0 Å². The lowest BCUT2D eigenvalue weighted by Gasteiger charge is -2.06. The Morgan fingerprint density at radius 2 is 2.05 bits per heavy atom. The van der Waals surface area contributed by atoms with Gasteiger partial charge in [-0.05, 0) is 36.2 Å². The zero-order chi connectivity index (χ0) is 14.2. The van der Waals surface area contributed by atoms with Crippen molar-refractivity contribution in [2.75, 3.05) is 17.2 Å². The van der Waals surface area contributed by atoms with Crippen molar-refractivity contribution in [1.82, 2.24) is 0 Å². The van der Waals surface area contributed by atoms with Crippen LogP contribution in [0.2, 0.25) is 0 Å². The van der Waals surface area contributed by atoms with Gasteiger partial charge in [0.1, 0.15) is 11.8 Å². The summed E-state index contributed by atoms with van der Waals surface area (Å²) in [6.45, 7) is 0.957. The third kappa shape index (κ3) is 2.42. The quantitative estimate of drug-likeness (QED) is 0.749.